The zero-order valence-electron chi connectivity index (χ0n) is 8.79. The van der Waals surface area contributed by atoms with Crippen LogP contribution in [0.1, 0.15) is 11.3 Å². The summed E-state index contributed by atoms with van der Waals surface area (Å²) in [6.45, 7) is 8.61. The van der Waals surface area contributed by atoms with E-state index in [-0.39, 0.29) is 0 Å². The van der Waals surface area contributed by atoms with Gasteiger partial charge in [0.05, 0.1) is 11.7 Å². The second-order valence-corrected chi connectivity index (χ2v) is 3.87. The van der Waals surface area contributed by atoms with E-state index in [9.17, 15) is 0 Å². The first-order valence-corrected chi connectivity index (χ1v) is 5.12. The van der Waals surface area contributed by atoms with Gasteiger partial charge in [-0.15, -0.1) is 11.7 Å². The number of hydrogen-bond acceptors (Lipinski definition) is 2. The van der Waals surface area contributed by atoms with Crippen LogP contribution in [0.5, 0.6) is 0 Å². The molecule has 15 heavy (non-hydrogen) atoms. The van der Waals surface area contributed by atoms with Crippen LogP contribution in [-0.2, 0) is 6.54 Å². The Morgan fingerprint density at radius 2 is 2.27 bits per heavy atom. The third-order valence-corrected chi connectivity index (χ3v) is 2.97. The molecule has 0 fully saturated rings. The topological polar surface area (TPSA) is 30.7 Å². The van der Waals surface area contributed by atoms with Gasteiger partial charge in [0.15, 0.2) is 5.15 Å². The molecule has 0 aliphatic rings. The summed E-state index contributed by atoms with van der Waals surface area (Å²) in [5.41, 5.74) is 3.33. The Hall–Kier alpha value is -1.35. The Bertz CT molecular complexity index is 528. The van der Waals surface area contributed by atoms with Crippen molar-refractivity contribution in [2.75, 3.05) is 0 Å². The first kappa shape index (κ1) is 10.2. The van der Waals surface area contributed by atoms with Gasteiger partial charge in [0, 0.05) is 17.6 Å². The van der Waals surface area contributed by atoms with Crippen LogP contribution in [0.4, 0.5) is 0 Å². The molecule has 0 atom stereocenters. The van der Waals surface area contributed by atoms with Crippen molar-refractivity contribution >= 4 is 22.5 Å². The molecular formula is C11H12ClN3. The van der Waals surface area contributed by atoms with Gasteiger partial charge < -0.3 is 4.57 Å². The number of halogens is 1. The zero-order valence-corrected chi connectivity index (χ0v) is 9.54. The van der Waals surface area contributed by atoms with Crippen LogP contribution < -0.4 is 0 Å². The fraction of sp³-hybridized carbons (Fsp3) is 0.273. The highest BCUT2D eigenvalue weighted by atomic mass is 35.5. The Morgan fingerprint density at radius 1 is 1.53 bits per heavy atom. The largest absolute Gasteiger partial charge is 0.338 e. The van der Waals surface area contributed by atoms with Crippen LogP contribution in [0, 0.1) is 13.8 Å². The molecule has 0 spiro atoms. The monoisotopic (exact) mass is 221 g/mol. The van der Waals surface area contributed by atoms with Crippen molar-refractivity contribution in [1.82, 2.24) is 14.8 Å². The Balaban J connectivity index is 2.88. The van der Waals surface area contributed by atoms with E-state index < -0.39 is 0 Å². The number of rotatable bonds is 2. The smallest absolute Gasteiger partial charge is 0.175 e. The Morgan fingerprint density at radius 3 is 2.93 bits per heavy atom. The normalized spacial score (nSPS) is 10.9. The zero-order chi connectivity index (χ0) is 11.0. The molecule has 0 aromatic carbocycles. The van der Waals surface area contributed by atoms with Gasteiger partial charge in [-0.3, -0.25) is 0 Å². The highest BCUT2D eigenvalue weighted by Crippen LogP contribution is 2.28. The SMILES string of the molecule is C=CCn1c(C)c(C)c2cnnc(Cl)c21. The summed E-state index contributed by atoms with van der Waals surface area (Å²) in [7, 11) is 0. The average Bonchev–Trinajstić information content (AvgIpc) is 2.46. The van der Waals surface area contributed by atoms with Crippen molar-refractivity contribution in [3.63, 3.8) is 0 Å². The van der Waals surface area contributed by atoms with E-state index in [2.05, 4.69) is 35.2 Å². The van der Waals surface area contributed by atoms with Gasteiger partial charge >= 0.3 is 0 Å². The van der Waals surface area contributed by atoms with E-state index in [1.807, 2.05) is 6.08 Å². The van der Waals surface area contributed by atoms with Crippen molar-refractivity contribution in [1.29, 1.82) is 0 Å². The van der Waals surface area contributed by atoms with E-state index in [0.717, 1.165) is 17.4 Å². The summed E-state index contributed by atoms with van der Waals surface area (Å²) >= 11 is 6.05. The molecule has 2 rings (SSSR count). The summed E-state index contributed by atoms with van der Waals surface area (Å²) in [5.74, 6) is 0. The van der Waals surface area contributed by atoms with Gasteiger partial charge in [-0.05, 0) is 19.4 Å². The molecule has 0 N–H and O–H groups in total. The summed E-state index contributed by atoms with van der Waals surface area (Å²) in [6.07, 6.45) is 3.60. The number of aryl methyl sites for hydroxylation is 1. The van der Waals surface area contributed by atoms with Crippen LogP contribution >= 0.6 is 11.6 Å². The van der Waals surface area contributed by atoms with Crippen molar-refractivity contribution in [2.45, 2.75) is 20.4 Å². The minimum atomic E-state index is 0.450. The van der Waals surface area contributed by atoms with Gasteiger partial charge in [0.1, 0.15) is 0 Å². The molecule has 0 aliphatic heterocycles. The van der Waals surface area contributed by atoms with Crippen LogP contribution in [0.25, 0.3) is 10.9 Å². The lowest BCUT2D eigenvalue weighted by Gasteiger charge is -2.04. The molecule has 2 aromatic heterocycles. The molecule has 2 aromatic rings. The molecule has 2 heterocycles. The molecule has 0 saturated carbocycles. The number of fused-ring (bicyclic) bond motifs is 1. The Kier molecular flexibility index (Phi) is 2.49. The number of aromatic nitrogens is 3. The lowest BCUT2D eigenvalue weighted by molar-refractivity contribution is 0.821. The molecule has 0 amide bonds. The molecule has 0 saturated heterocycles. The lowest BCUT2D eigenvalue weighted by atomic mass is 10.2. The number of hydrogen-bond donors (Lipinski definition) is 0. The fourth-order valence-corrected chi connectivity index (χ4v) is 2.06. The van der Waals surface area contributed by atoms with E-state index in [1.165, 1.54) is 11.3 Å². The molecule has 4 heteroatoms. The van der Waals surface area contributed by atoms with Crippen LogP contribution in [0.2, 0.25) is 5.15 Å². The second-order valence-electron chi connectivity index (χ2n) is 3.51. The summed E-state index contributed by atoms with van der Waals surface area (Å²) in [6, 6.07) is 0. The predicted octanol–water partition coefficient (Wildman–Crippen LogP) is 2.89. The molecule has 3 nitrogen and oxygen atoms in total. The van der Waals surface area contributed by atoms with Crippen LogP contribution in [0.15, 0.2) is 18.9 Å². The summed E-state index contributed by atoms with van der Waals surface area (Å²) in [5, 5.41) is 9.25. The van der Waals surface area contributed by atoms with Gasteiger partial charge in [0.25, 0.3) is 0 Å². The second kappa shape index (κ2) is 3.66. The minimum absolute atomic E-state index is 0.450. The standard InChI is InChI=1S/C11H12ClN3/c1-4-5-15-8(3)7(2)9-6-13-14-11(12)10(9)15/h4,6H,1,5H2,2-3H3. The highest BCUT2D eigenvalue weighted by molar-refractivity contribution is 6.33. The van der Waals surface area contributed by atoms with E-state index in [0.29, 0.717) is 5.15 Å². The molecule has 0 radical (unpaired) electrons. The first-order chi connectivity index (χ1) is 7.16. The van der Waals surface area contributed by atoms with Crippen LogP contribution in [-0.4, -0.2) is 14.8 Å². The van der Waals surface area contributed by atoms with Crippen molar-refractivity contribution in [3.8, 4) is 0 Å². The molecule has 0 unspecified atom stereocenters. The van der Waals surface area contributed by atoms with Crippen LogP contribution in [0.3, 0.4) is 0 Å². The molecule has 0 aliphatic carbocycles. The highest BCUT2D eigenvalue weighted by Gasteiger charge is 2.13. The average molecular weight is 222 g/mol. The first-order valence-electron chi connectivity index (χ1n) is 4.74. The van der Waals surface area contributed by atoms with E-state index in [4.69, 9.17) is 11.6 Å². The maximum absolute atomic E-state index is 6.05. The predicted molar refractivity (Wildman–Crippen MR) is 62.2 cm³/mol. The van der Waals surface area contributed by atoms with E-state index >= 15 is 0 Å². The fourth-order valence-electron chi connectivity index (χ4n) is 1.81. The Labute approximate surface area is 93.4 Å². The molecule has 0 bridgehead atoms. The third kappa shape index (κ3) is 1.43. The van der Waals surface area contributed by atoms with Gasteiger partial charge in [-0.2, -0.15) is 5.10 Å². The quantitative estimate of drug-likeness (QED) is 0.731. The third-order valence-electron chi connectivity index (χ3n) is 2.72. The van der Waals surface area contributed by atoms with Gasteiger partial charge in [-0.1, -0.05) is 17.7 Å². The van der Waals surface area contributed by atoms with Crippen molar-refractivity contribution in [2.24, 2.45) is 0 Å². The molecule has 78 valence electrons. The van der Waals surface area contributed by atoms with Gasteiger partial charge in [-0.25, -0.2) is 0 Å². The molecular weight excluding hydrogens is 210 g/mol. The summed E-state index contributed by atoms with van der Waals surface area (Å²) in [4.78, 5) is 0. The summed E-state index contributed by atoms with van der Waals surface area (Å²) < 4.78 is 2.11. The van der Waals surface area contributed by atoms with Crippen molar-refractivity contribution in [3.05, 3.63) is 35.3 Å². The van der Waals surface area contributed by atoms with Crippen molar-refractivity contribution < 1.29 is 0 Å². The lowest BCUT2D eigenvalue weighted by Crippen LogP contribution is -1.98. The maximum Gasteiger partial charge on any atom is 0.175 e. The maximum atomic E-state index is 6.05. The number of nitrogens with zero attached hydrogens (tertiary/aromatic N) is 3. The number of allylic oxidation sites excluding steroid dienone is 1. The van der Waals surface area contributed by atoms with E-state index in [1.54, 1.807) is 6.20 Å². The van der Waals surface area contributed by atoms with Gasteiger partial charge in [0.2, 0.25) is 0 Å². The minimum Gasteiger partial charge on any atom is -0.338 e.